The van der Waals surface area contributed by atoms with E-state index in [1.807, 2.05) is 11.8 Å². The summed E-state index contributed by atoms with van der Waals surface area (Å²) in [7, 11) is 4.24. The molecule has 0 saturated heterocycles. The quantitative estimate of drug-likeness (QED) is 0.743. The van der Waals surface area contributed by atoms with Crippen molar-refractivity contribution in [3.05, 3.63) is 42.5 Å². The third kappa shape index (κ3) is 3.87. The van der Waals surface area contributed by atoms with Crippen molar-refractivity contribution in [3.8, 4) is 5.75 Å². The molecule has 0 radical (unpaired) electrons. The minimum absolute atomic E-state index is 0.533. The number of benzene rings is 2. The van der Waals surface area contributed by atoms with Crippen LogP contribution in [0.2, 0.25) is 0 Å². The minimum atomic E-state index is 0.533. The lowest BCUT2D eigenvalue weighted by Crippen LogP contribution is -2.29. The summed E-state index contributed by atoms with van der Waals surface area (Å²) in [5.74, 6) is 1.49. The lowest BCUT2D eigenvalue weighted by Gasteiger charge is -2.33. The second kappa shape index (κ2) is 7.49. The molecule has 4 heteroatoms. The fraction of sp³-hybridized carbons (Fsp3) is 0.400. The largest absolute Gasteiger partial charge is 0.493 e. The van der Waals surface area contributed by atoms with Gasteiger partial charge in [0.2, 0.25) is 0 Å². The van der Waals surface area contributed by atoms with E-state index in [1.165, 1.54) is 21.2 Å². The summed E-state index contributed by atoms with van der Waals surface area (Å²) < 4.78 is 5.91. The zero-order valence-electron chi connectivity index (χ0n) is 15.0. The van der Waals surface area contributed by atoms with Gasteiger partial charge < -0.3 is 14.5 Å². The van der Waals surface area contributed by atoms with Crippen molar-refractivity contribution in [1.82, 2.24) is 4.90 Å². The van der Waals surface area contributed by atoms with Crippen molar-refractivity contribution < 1.29 is 4.74 Å². The zero-order valence-corrected chi connectivity index (χ0v) is 15.8. The Labute approximate surface area is 149 Å². The molecule has 0 amide bonds. The molecule has 2 aromatic rings. The zero-order chi connectivity index (χ0) is 17.1. The van der Waals surface area contributed by atoms with Gasteiger partial charge in [0, 0.05) is 22.9 Å². The Morgan fingerprint density at radius 3 is 2.54 bits per heavy atom. The molecule has 24 heavy (non-hydrogen) atoms. The summed E-state index contributed by atoms with van der Waals surface area (Å²) in [5.41, 5.74) is 2.57. The van der Waals surface area contributed by atoms with Gasteiger partial charge in [0.25, 0.3) is 0 Å². The summed E-state index contributed by atoms with van der Waals surface area (Å²) >= 11 is 1.83. The van der Waals surface area contributed by atoms with Crippen LogP contribution in [-0.4, -0.2) is 38.7 Å². The molecule has 3 nitrogen and oxygen atoms in total. The summed E-state index contributed by atoms with van der Waals surface area (Å²) in [6, 6.07) is 15.1. The summed E-state index contributed by atoms with van der Waals surface area (Å²) in [5, 5.41) is 0. The first-order chi connectivity index (χ1) is 11.5. The molecule has 0 unspecified atom stereocenters. The Kier molecular flexibility index (Phi) is 5.36. The summed E-state index contributed by atoms with van der Waals surface area (Å²) in [6.07, 6.45) is 0. The van der Waals surface area contributed by atoms with Crippen molar-refractivity contribution in [2.24, 2.45) is 5.92 Å². The van der Waals surface area contributed by atoms with Crippen molar-refractivity contribution in [2.45, 2.75) is 23.6 Å². The van der Waals surface area contributed by atoms with E-state index in [4.69, 9.17) is 4.74 Å². The number of likely N-dealkylation sites (N-methyl/N-ethyl adjacent to an activating group) is 1. The molecule has 1 heterocycles. The molecular weight excluding hydrogens is 316 g/mol. The molecule has 2 aromatic carbocycles. The lowest BCUT2D eigenvalue weighted by molar-refractivity contribution is 0.270. The second-order valence-electron chi connectivity index (χ2n) is 6.86. The maximum atomic E-state index is 5.91. The first-order valence-electron chi connectivity index (χ1n) is 8.50. The Morgan fingerprint density at radius 2 is 1.79 bits per heavy atom. The monoisotopic (exact) mass is 342 g/mol. The third-order valence-corrected chi connectivity index (χ3v) is 5.06. The van der Waals surface area contributed by atoms with Crippen LogP contribution in [0.3, 0.4) is 0 Å². The number of anilines is 2. The standard InChI is InChI=1S/C20H26N2OS/c1-15(2)14-23-16-9-10-18-20(13-16)24-19-8-6-5-7-17(19)22(18)12-11-21(3)4/h5-10,13,15H,11-12,14H2,1-4H3. The van der Waals surface area contributed by atoms with E-state index in [-0.39, 0.29) is 0 Å². The first-order valence-corrected chi connectivity index (χ1v) is 9.32. The van der Waals surface area contributed by atoms with Gasteiger partial charge in [0.05, 0.1) is 18.0 Å². The molecule has 128 valence electrons. The predicted octanol–water partition coefficient (Wildman–Crippen LogP) is 4.89. The summed E-state index contributed by atoms with van der Waals surface area (Å²) in [6.45, 7) is 7.09. The summed E-state index contributed by atoms with van der Waals surface area (Å²) in [4.78, 5) is 7.23. The van der Waals surface area contributed by atoms with Crippen molar-refractivity contribution in [2.75, 3.05) is 38.7 Å². The van der Waals surface area contributed by atoms with Crippen LogP contribution >= 0.6 is 11.8 Å². The van der Waals surface area contributed by atoms with Gasteiger partial charge >= 0.3 is 0 Å². The molecule has 0 saturated carbocycles. The van der Waals surface area contributed by atoms with E-state index in [2.05, 4.69) is 80.2 Å². The Hall–Kier alpha value is -1.65. The van der Waals surface area contributed by atoms with Crippen LogP contribution < -0.4 is 9.64 Å². The van der Waals surface area contributed by atoms with Crippen LogP contribution in [0.25, 0.3) is 0 Å². The van der Waals surface area contributed by atoms with E-state index < -0.39 is 0 Å². The third-order valence-electron chi connectivity index (χ3n) is 3.95. The molecule has 3 rings (SSSR count). The smallest absolute Gasteiger partial charge is 0.120 e. The van der Waals surface area contributed by atoms with Crippen LogP contribution in [0, 0.1) is 5.92 Å². The van der Waals surface area contributed by atoms with Crippen LogP contribution in [0.15, 0.2) is 52.3 Å². The van der Waals surface area contributed by atoms with Gasteiger partial charge in [-0.3, -0.25) is 0 Å². The topological polar surface area (TPSA) is 15.7 Å². The highest BCUT2D eigenvalue weighted by Gasteiger charge is 2.23. The fourth-order valence-electron chi connectivity index (χ4n) is 2.71. The van der Waals surface area contributed by atoms with Crippen molar-refractivity contribution in [3.63, 3.8) is 0 Å². The van der Waals surface area contributed by atoms with Crippen molar-refractivity contribution in [1.29, 1.82) is 0 Å². The van der Waals surface area contributed by atoms with Gasteiger partial charge in [-0.2, -0.15) is 0 Å². The van der Waals surface area contributed by atoms with E-state index in [9.17, 15) is 0 Å². The van der Waals surface area contributed by atoms with E-state index >= 15 is 0 Å². The molecule has 0 fully saturated rings. The van der Waals surface area contributed by atoms with E-state index in [0.29, 0.717) is 5.92 Å². The molecule has 1 aliphatic heterocycles. The van der Waals surface area contributed by atoms with Gasteiger partial charge in [-0.05, 0) is 50.3 Å². The second-order valence-corrected chi connectivity index (χ2v) is 7.94. The van der Waals surface area contributed by atoms with Crippen LogP contribution in [-0.2, 0) is 0 Å². The normalized spacial score (nSPS) is 13.2. The molecule has 0 aliphatic carbocycles. The predicted molar refractivity (Wildman–Crippen MR) is 103 cm³/mol. The Balaban J connectivity index is 1.91. The lowest BCUT2D eigenvalue weighted by atomic mass is 10.2. The van der Waals surface area contributed by atoms with Crippen LogP contribution in [0.1, 0.15) is 13.8 Å². The van der Waals surface area contributed by atoms with Gasteiger partial charge in [0.1, 0.15) is 5.75 Å². The van der Waals surface area contributed by atoms with Crippen LogP contribution in [0.5, 0.6) is 5.75 Å². The molecule has 0 atom stereocenters. The highest BCUT2D eigenvalue weighted by molar-refractivity contribution is 7.99. The number of hydrogen-bond donors (Lipinski definition) is 0. The number of hydrogen-bond acceptors (Lipinski definition) is 4. The van der Waals surface area contributed by atoms with Crippen molar-refractivity contribution >= 4 is 23.1 Å². The molecule has 0 N–H and O–H groups in total. The number of fused-ring (bicyclic) bond motifs is 2. The van der Waals surface area contributed by atoms with E-state index in [1.54, 1.807) is 0 Å². The molecule has 0 aromatic heterocycles. The maximum Gasteiger partial charge on any atom is 0.120 e. The van der Waals surface area contributed by atoms with Crippen LogP contribution in [0.4, 0.5) is 11.4 Å². The first kappa shape index (κ1) is 17.2. The number of nitrogens with zero attached hydrogens (tertiary/aromatic N) is 2. The molecular formula is C20H26N2OS. The van der Waals surface area contributed by atoms with Gasteiger partial charge in [-0.1, -0.05) is 37.7 Å². The Bertz CT molecular complexity index is 700. The van der Waals surface area contributed by atoms with E-state index in [0.717, 1.165) is 25.4 Å². The number of rotatable bonds is 6. The molecule has 1 aliphatic rings. The van der Waals surface area contributed by atoms with Gasteiger partial charge in [-0.15, -0.1) is 0 Å². The highest BCUT2D eigenvalue weighted by Crippen LogP contribution is 2.48. The maximum absolute atomic E-state index is 5.91. The fourth-order valence-corrected chi connectivity index (χ4v) is 3.83. The highest BCUT2D eigenvalue weighted by atomic mass is 32.2. The minimum Gasteiger partial charge on any atom is -0.493 e. The average Bonchev–Trinajstić information content (AvgIpc) is 2.56. The van der Waals surface area contributed by atoms with Gasteiger partial charge in [0.15, 0.2) is 0 Å². The Morgan fingerprint density at radius 1 is 1.04 bits per heavy atom. The SMILES string of the molecule is CC(C)COc1ccc2c(c1)Sc1ccccc1N2CCN(C)C. The number of para-hydroxylation sites is 1. The molecule has 0 spiro atoms. The molecule has 0 bridgehead atoms. The number of ether oxygens (including phenoxy) is 1. The van der Waals surface area contributed by atoms with Gasteiger partial charge in [-0.25, -0.2) is 0 Å². The average molecular weight is 343 g/mol.